The maximum Gasteiger partial charge on any atom is 0.339 e. The molecule has 0 bridgehead atoms. The van der Waals surface area contributed by atoms with Gasteiger partial charge in [0.05, 0.1) is 0 Å². The predicted molar refractivity (Wildman–Crippen MR) is 61.4 cm³/mol. The van der Waals surface area contributed by atoms with Crippen LogP contribution in [0.5, 0.6) is 5.75 Å². The van der Waals surface area contributed by atoms with Crippen molar-refractivity contribution in [3.63, 3.8) is 0 Å². The van der Waals surface area contributed by atoms with Crippen LogP contribution in [0.4, 0.5) is 0 Å². The fourth-order valence-corrected chi connectivity index (χ4v) is 0.654. The van der Waals surface area contributed by atoms with Crippen molar-refractivity contribution >= 4 is 47.1 Å². The number of carboxylic acid groups (broad SMARTS) is 1. The molecule has 0 unspecified atom stereocenters. The first kappa shape index (κ1) is 15.0. The van der Waals surface area contributed by atoms with Gasteiger partial charge in [0.2, 0.25) is 3.79 Å². The van der Waals surface area contributed by atoms with Crippen LogP contribution in [-0.2, 0) is 4.79 Å². The summed E-state index contributed by atoms with van der Waals surface area (Å²) < 4.78 is -1.72. The van der Waals surface area contributed by atoms with E-state index in [1.165, 1.54) is 12.1 Å². The average molecular weight is 286 g/mol. The van der Waals surface area contributed by atoms with Gasteiger partial charge in [0.1, 0.15) is 11.3 Å². The number of carbonyl (C=O) groups excluding carboxylic acids is 1. The Bertz CT molecular complexity index is 373. The number of halogens is 3. The first-order valence-corrected chi connectivity index (χ1v) is 4.95. The number of aromatic hydroxyl groups is 1. The Morgan fingerprint density at radius 3 is 1.94 bits per heavy atom. The fourth-order valence-electron chi connectivity index (χ4n) is 0.654. The second-order valence-corrected chi connectivity index (χ2v) is 4.85. The van der Waals surface area contributed by atoms with E-state index in [1.807, 2.05) is 0 Å². The first-order chi connectivity index (χ1) is 7.28. The minimum Gasteiger partial charge on any atom is -0.507 e. The summed E-state index contributed by atoms with van der Waals surface area (Å²) in [6.45, 7) is 0. The van der Waals surface area contributed by atoms with E-state index < -0.39 is 9.76 Å². The molecular formula is C9H7Cl3O4. The SMILES string of the molecule is O=C(O)c1ccccc1O.O=CC(Cl)(Cl)Cl. The number of aldehydes is 1. The number of hydrogen-bond donors (Lipinski definition) is 2. The van der Waals surface area contributed by atoms with E-state index in [1.54, 1.807) is 12.1 Å². The minimum atomic E-state index is -1.72. The van der Waals surface area contributed by atoms with E-state index in [9.17, 15) is 9.59 Å². The van der Waals surface area contributed by atoms with E-state index >= 15 is 0 Å². The van der Waals surface area contributed by atoms with Crippen molar-refractivity contribution in [1.82, 2.24) is 0 Å². The van der Waals surface area contributed by atoms with Crippen molar-refractivity contribution in [2.45, 2.75) is 3.79 Å². The lowest BCUT2D eigenvalue weighted by atomic mass is 10.2. The Labute approximate surface area is 106 Å². The Morgan fingerprint density at radius 1 is 1.25 bits per heavy atom. The number of aromatic carboxylic acids is 1. The van der Waals surface area contributed by atoms with Gasteiger partial charge in [0, 0.05) is 0 Å². The van der Waals surface area contributed by atoms with Crippen molar-refractivity contribution in [3.05, 3.63) is 29.8 Å². The van der Waals surface area contributed by atoms with Gasteiger partial charge in [0.25, 0.3) is 0 Å². The van der Waals surface area contributed by atoms with Gasteiger partial charge in [0.15, 0.2) is 6.29 Å². The smallest absolute Gasteiger partial charge is 0.339 e. The molecule has 0 atom stereocenters. The summed E-state index contributed by atoms with van der Waals surface area (Å²) in [5.74, 6) is -1.31. The van der Waals surface area contributed by atoms with Gasteiger partial charge in [-0.2, -0.15) is 0 Å². The summed E-state index contributed by atoms with van der Waals surface area (Å²) in [6, 6.07) is 5.81. The molecule has 0 radical (unpaired) electrons. The predicted octanol–water partition coefficient (Wildman–Crippen LogP) is 2.65. The molecule has 7 heteroatoms. The van der Waals surface area contributed by atoms with Crippen LogP contribution in [-0.4, -0.2) is 26.3 Å². The molecule has 2 N–H and O–H groups in total. The second kappa shape index (κ2) is 6.58. The lowest BCUT2D eigenvalue weighted by Gasteiger charge is -1.95. The number of carboxylic acids is 1. The third-order valence-corrected chi connectivity index (χ3v) is 1.54. The average Bonchev–Trinajstić information content (AvgIpc) is 2.18. The first-order valence-electron chi connectivity index (χ1n) is 3.82. The summed E-state index contributed by atoms with van der Waals surface area (Å²) in [6.07, 6.45) is 0.234. The lowest BCUT2D eigenvalue weighted by Crippen LogP contribution is -2.00. The maximum absolute atomic E-state index is 10.3. The van der Waals surface area contributed by atoms with E-state index in [0.29, 0.717) is 0 Å². The van der Waals surface area contributed by atoms with E-state index in [2.05, 4.69) is 0 Å². The number of phenols is 1. The van der Waals surface area contributed by atoms with Crippen LogP contribution in [0.15, 0.2) is 24.3 Å². The lowest BCUT2D eigenvalue weighted by molar-refractivity contribution is -0.107. The van der Waals surface area contributed by atoms with E-state index in [4.69, 9.17) is 45.0 Å². The minimum absolute atomic E-state index is 0.0671. The maximum atomic E-state index is 10.3. The quantitative estimate of drug-likeness (QED) is 0.614. The van der Waals surface area contributed by atoms with Crippen LogP contribution in [0.1, 0.15) is 10.4 Å². The van der Waals surface area contributed by atoms with Crippen molar-refractivity contribution in [2.24, 2.45) is 0 Å². The van der Waals surface area contributed by atoms with Crippen LogP contribution in [0, 0.1) is 0 Å². The van der Waals surface area contributed by atoms with E-state index in [0.717, 1.165) is 0 Å². The Kier molecular flexibility index (Phi) is 6.18. The van der Waals surface area contributed by atoms with Gasteiger partial charge in [-0.05, 0) is 12.1 Å². The van der Waals surface area contributed by atoms with Gasteiger partial charge >= 0.3 is 5.97 Å². The monoisotopic (exact) mass is 284 g/mol. The van der Waals surface area contributed by atoms with Crippen LogP contribution >= 0.6 is 34.8 Å². The highest BCUT2D eigenvalue weighted by Crippen LogP contribution is 2.21. The molecule has 0 aliphatic heterocycles. The van der Waals surface area contributed by atoms with Crippen molar-refractivity contribution in [2.75, 3.05) is 0 Å². The highest BCUT2D eigenvalue weighted by molar-refractivity contribution is 6.74. The number of carbonyl (C=O) groups is 2. The molecule has 0 aliphatic rings. The summed E-state index contributed by atoms with van der Waals surface area (Å²) >= 11 is 14.6. The van der Waals surface area contributed by atoms with E-state index in [-0.39, 0.29) is 17.6 Å². The van der Waals surface area contributed by atoms with Gasteiger partial charge in [-0.1, -0.05) is 46.9 Å². The van der Waals surface area contributed by atoms with Crippen LogP contribution in [0.2, 0.25) is 0 Å². The molecule has 0 saturated carbocycles. The van der Waals surface area contributed by atoms with Gasteiger partial charge in [-0.15, -0.1) is 0 Å². The molecule has 0 aromatic heterocycles. The molecule has 0 aliphatic carbocycles. The zero-order chi connectivity index (χ0) is 12.8. The molecule has 16 heavy (non-hydrogen) atoms. The molecule has 0 spiro atoms. The second-order valence-electron chi connectivity index (χ2n) is 2.48. The van der Waals surface area contributed by atoms with Crippen LogP contribution in [0.25, 0.3) is 0 Å². The molecule has 1 rings (SSSR count). The summed E-state index contributed by atoms with van der Waals surface area (Å²) in [5, 5.41) is 17.3. The standard InChI is InChI=1S/C7H6O3.C2HCl3O/c8-6-4-2-1-3-5(6)7(9)10;3-2(4,5)1-6/h1-4,8H,(H,9,10);1H. The van der Waals surface area contributed by atoms with Crippen molar-refractivity contribution in [3.8, 4) is 5.75 Å². The third-order valence-electron chi connectivity index (χ3n) is 1.27. The highest BCUT2D eigenvalue weighted by Gasteiger charge is 2.16. The molecule has 4 nitrogen and oxygen atoms in total. The molecule has 0 fully saturated rings. The van der Waals surface area contributed by atoms with Crippen molar-refractivity contribution < 1.29 is 19.8 Å². The molecule has 0 saturated heterocycles. The van der Waals surface area contributed by atoms with Gasteiger partial charge in [-0.25, -0.2) is 4.79 Å². The topological polar surface area (TPSA) is 74.6 Å². The molecule has 88 valence electrons. The molecule has 0 heterocycles. The molecule has 0 amide bonds. The largest absolute Gasteiger partial charge is 0.507 e. The van der Waals surface area contributed by atoms with Gasteiger partial charge < -0.3 is 10.2 Å². The van der Waals surface area contributed by atoms with Crippen molar-refractivity contribution in [1.29, 1.82) is 0 Å². The number of alkyl halides is 3. The molecule has 1 aromatic carbocycles. The zero-order valence-electron chi connectivity index (χ0n) is 7.73. The summed E-state index contributed by atoms with van der Waals surface area (Å²) in [5.41, 5.74) is -0.0671. The number of hydrogen-bond acceptors (Lipinski definition) is 3. The Morgan fingerprint density at radius 2 is 1.69 bits per heavy atom. The van der Waals surface area contributed by atoms with Crippen LogP contribution < -0.4 is 0 Å². The Hall–Kier alpha value is -0.970. The van der Waals surface area contributed by atoms with Crippen LogP contribution in [0.3, 0.4) is 0 Å². The third kappa shape index (κ3) is 6.50. The Balaban J connectivity index is 0.000000325. The summed E-state index contributed by atoms with van der Waals surface area (Å²) in [4.78, 5) is 19.7. The normalized spacial score (nSPS) is 9.94. The number of para-hydroxylation sites is 1. The zero-order valence-corrected chi connectivity index (χ0v) is 10.00. The number of rotatable bonds is 1. The number of benzene rings is 1. The molecule has 1 aromatic rings. The van der Waals surface area contributed by atoms with Gasteiger partial charge in [-0.3, -0.25) is 4.79 Å². The highest BCUT2D eigenvalue weighted by atomic mass is 35.6. The fraction of sp³-hybridized carbons (Fsp3) is 0.111. The molecular weight excluding hydrogens is 278 g/mol. The summed E-state index contributed by atoms with van der Waals surface area (Å²) in [7, 11) is 0.